The zero-order chi connectivity index (χ0) is 18.3. The van der Waals surface area contributed by atoms with E-state index in [2.05, 4.69) is 35.0 Å². The lowest BCUT2D eigenvalue weighted by molar-refractivity contribution is 0.0523. The Kier molecular flexibility index (Phi) is 7.12. The minimum Gasteiger partial charge on any atom is -0.444 e. The molecule has 140 valence electrons. The number of nitrogens with one attached hydrogen (secondary N) is 3. The standard InChI is InChI=1S/C20H33N3O2/c1-15(12-17-9-5-6-11-21-17)23-18-10-7-8-16(13-18)14-22-19(24)25-20(2,3)4/h7-8,10,13,15,17,21,23H,5-6,9,11-12,14H2,1-4H3,(H,22,24). The van der Waals surface area contributed by atoms with Crippen LogP contribution in [0.25, 0.3) is 0 Å². The summed E-state index contributed by atoms with van der Waals surface area (Å²) in [7, 11) is 0. The van der Waals surface area contributed by atoms with Gasteiger partial charge < -0.3 is 20.7 Å². The summed E-state index contributed by atoms with van der Waals surface area (Å²) in [6.07, 6.45) is 4.63. The number of alkyl carbamates (subject to hydrolysis) is 1. The first-order valence-corrected chi connectivity index (χ1v) is 9.37. The average molecular weight is 348 g/mol. The largest absolute Gasteiger partial charge is 0.444 e. The summed E-state index contributed by atoms with van der Waals surface area (Å²) >= 11 is 0. The van der Waals surface area contributed by atoms with Crippen LogP contribution in [0.4, 0.5) is 10.5 Å². The first-order chi connectivity index (χ1) is 11.8. The molecule has 1 heterocycles. The van der Waals surface area contributed by atoms with Crippen molar-refractivity contribution in [2.45, 2.75) is 77.6 Å². The highest BCUT2D eigenvalue weighted by molar-refractivity contribution is 5.67. The van der Waals surface area contributed by atoms with Crippen LogP contribution >= 0.6 is 0 Å². The van der Waals surface area contributed by atoms with E-state index < -0.39 is 5.60 Å². The zero-order valence-electron chi connectivity index (χ0n) is 16.0. The number of piperidine rings is 1. The van der Waals surface area contributed by atoms with E-state index in [0.717, 1.165) is 24.2 Å². The van der Waals surface area contributed by atoms with E-state index in [1.165, 1.54) is 19.3 Å². The highest BCUT2D eigenvalue weighted by Gasteiger charge is 2.17. The molecule has 1 aliphatic rings. The van der Waals surface area contributed by atoms with Crippen LogP contribution in [0.2, 0.25) is 0 Å². The summed E-state index contributed by atoms with van der Waals surface area (Å²) in [6.45, 7) is 9.41. The molecule has 0 aromatic heterocycles. The molecule has 5 nitrogen and oxygen atoms in total. The molecular weight excluding hydrogens is 314 g/mol. The van der Waals surface area contributed by atoms with Crippen molar-refractivity contribution in [1.82, 2.24) is 10.6 Å². The summed E-state index contributed by atoms with van der Waals surface area (Å²) in [5, 5.41) is 9.97. The van der Waals surface area contributed by atoms with Crippen LogP contribution in [0.15, 0.2) is 24.3 Å². The van der Waals surface area contributed by atoms with Gasteiger partial charge in [0.2, 0.25) is 0 Å². The minimum absolute atomic E-state index is 0.386. The molecule has 2 rings (SSSR count). The second-order valence-corrected chi connectivity index (χ2v) is 7.98. The molecule has 1 fully saturated rings. The van der Waals surface area contributed by atoms with Gasteiger partial charge in [-0.05, 0) is 71.2 Å². The van der Waals surface area contributed by atoms with Crippen molar-refractivity contribution >= 4 is 11.8 Å². The molecule has 1 saturated heterocycles. The third-order valence-electron chi connectivity index (χ3n) is 4.23. The average Bonchev–Trinajstić information content (AvgIpc) is 2.52. The van der Waals surface area contributed by atoms with Gasteiger partial charge >= 0.3 is 6.09 Å². The number of carbonyl (C=O) groups is 1. The SMILES string of the molecule is CC(CC1CCCCN1)Nc1cccc(CNC(=O)OC(C)(C)C)c1. The second-order valence-electron chi connectivity index (χ2n) is 7.98. The molecule has 0 radical (unpaired) electrons. The molecule has 25 heavy (non-hydrogen) atoms. The number of anilines is 1. The predicted molar refractivity (Wildman–Crippen MR) is 103 cm³/mol. The molecule has 0 aliphatic carbocycles. The van der Waals surface area contributed by atoms with Gasteiger partial charge in [-0.3, -0.25) is 0 Å². The van der Waals surface area contributed by atoms with Gasteiger partial charge in [0, 0.05) is 24.3 Å². The summed E-state index contributed by atoms with van der Waals surface area (Å²) in [6, 6.07) is 9.21. The maximum absolute atomic E-state index is 11.8. The van der Waals surface area contributed by atoms with Crippen molar-refractivity contribution in [1.29, 1.82) is 0 Å². The number of rotatable bonds is 6. The van der Waals surface area contributed by atoms with Crippen molar-refractivity contribution in [2.75, 3.05) is 11.9 Å². The summed E-state index contributed by atoms with van der Waals surface area (Å²) < 4.78 is 5.27. The topological polar surface area (TPSA) is 62.4 Å². The van der Waals surface area contributed by atoms with E-state index in [-0.39, 0.29) is 6.09 Å². The molecular formula is C20H33N3O2. The third kappa shape index (κ3) is 7.78. The van der Waals surface area contributed by atoms with Crippen LogP contribution in [0.3, 0.4) is 0 Å². The maximum atomic E-state index is 11.8. The number of hydrogen-bond donors (Lipinski definition) is 3. The van der Waals surface area contributed by atoms with Crippen molar-refractivity contribution in [3.05, 3.63) is 29.8 Å². The van der Waals surface area contributed by atoms with Gasteiger partial charge in [0.15, 0.2) is 0 Å². The number of amides is 1. The minimum atomic E-state index is -0.476. The Balaban J connectivity index is 1.80. The zero-order valence-corrected chi connectivity index (χ0v) is 16.0. The molecule has 2 atom stereocenters. The molecule has 1 aromatic carbocycles. The fourth-order valence-electron chi connectivity index (χ4n) is 3.15. The Morgan fingerprint density at radius 3 is 2.84 bits per heavy atom. The van der Waals surface area contributed by atoms with Crippen LogP contribution < -0.4 is 16.0 Å². The summed E-state index contributed by atoms with van der Waals surface area (Å²) in [4.78, 5) is 11.8. The Morgan fingerprint density at radius 1 is 1.36 bits per heavy atom. The molecule has 1 aromatic rings. The van der Waals surface area contributed by atoms with E-state index >= 15 is 0 Å². The summed E-state index contributed by atoms with van der Waals surface area (Å²) in [5.74, 6) is 0. The Bertz CT molecular complexity index is 548. The molecule has 0 saturated carbocycles. The van der Waals surface area contributed by atoms with Gasteiger partial charge in [0.1, 0.15) is 5.60 Å². The van der Waals surface area contributed by atoms with Gasteiger partial charge in [-0.25, -0.2) is 4.79 Å². The van der Waals surface area contributed by atoms with Crippen molar-refractivity contribution in [3.8, 4) is 0 Å². The maximum Gasteiger partial charge on any atom is 0.407 e. The van der Waals surface area contributed by atoms with Crippen molar-refractivity contribution in [2.24, 2.45) is 0 Å². The molecule has 5 heteroatoms. The van der Waals surface area contributed by atoms with E-state index in [4.69, 9.17) is 4.74 Å². The quantitative estimate of drug-likeness (QED) is 0.727. The van der Waals surface area contributed by atoms with E-state index in [1.54, 1.807) is 0 Å². The first kappa shape index (κ1) is 19.6. The third-order valence-corrected chi connectivity index (χ3v) is 4.23. The molecule has 2 unspecified atom stereocenters. The fourth-order valence-corrected chi connectivity index (χ4v) is 3.15. The first-order valence-electron chi connectivity index (χ1n) is 9.37. The Labute approximate surface area is 151 Å². The number of hydrogen-bond acceptors (Lipinski definition) is 4. The second kappa shape index (κ2) is 9.09. The number of ether oxygens (including phenoxy) is 1. The number of carbonyl (C=O) groups excluding carboxylic acids is 1. The van der Waals surface area contributed by atoms with Gasteiger partial charge in [0.05, 0.1) is 0 Å². The molecule has 1 aliphatic heterocycles. The van der Waals surface area contributed by atoms with Crippen molar-refractivity contribution in [3.63, 3.8) is 0 Å². The number of benzene rings is 1. The molecule has 0 bridgehead atoms. The highest BCUT2D eigenvalue weighted by Crippen LogP contribution is 2.17. The lowest BCUT2D eigenvalue weighted by Crippen LogP contribution is -2.37. The van der Waals surface area contributed by atoms with Crippen LogP contribution in [-0.4, -0.2) is 30.3 Å². The monoisotopic (exact) mass is 347 g/mol. The molecule has 1 amide bonds. The highest BCUT2D eigenvalue weighted by atomic mass is 16.6. The van der Waals surface area contributed by atoms with Gasteiger partial charge in [-0.2, -0.15) is 0 Å². The van der Waals surface area contributed by atoms with Crippen LogP contribution in [0, 0.1) is 0 Å². The van der Waals surface area contributed by atoms with E-state index in [0.29, 0.717) is 18.6 Å². The summed E-state index contributed by atoms with van der Waals surface area (Å²) in [5.41, 5.74) is 1.67. The lowest BCUT2D eigenvalue weighted by atomic mass is 9.98. The van der Waals surface area contributed by atoms with E-state index in [1.807, 2.05) is 32.9 Å². The van der Waals surface area contributed by atoms with Gasteiger partial charge in [-0.1, -0.05) is 18.6 Å². The van der Waals surface area contributed by atoms with E-state index in [9.17, 15) is 4.79 Å². The normalized spacial score (nSPS) is 19.1. The Morgan fingerprint density at radius 2 is 2.16 bits per heavy atom. The van der Waals surface area contributed by atoms with Crippen LogP contribution in [0.1, 0.15) is 58.9 Å². The molecule has 0 spiro atoms. The smallest absolute Gasteiger partial charge is 0.407 e. The predicted octanol–water partition coefficient (Wildman–Crippen LogP) is 4.04. The fraction of sp³-hybridized carbons (Fsp3) is 0.650. The van der Waals surface area contributed by atoms with Gasteiger partial charge in [-0.15, -0.1) is 0 Å². The van der Waals surface area contributed by atoms with Gasteiger partial charge in [0.25, 0.3) is 0 Å². The lowest BCUT2D eigenvalue weighted by Gasteiger charge is -2.27. The van der Waals surface area contributed by atoms with Crippen LogP contribution in [0.5, 0.6) is 0 Å². The van der Waals surface area contributed by atoms with Crippen LogP contribution in [-0.2, 0) is 11.3 Å². The van der Waals surface area contributed by atoms with Crippen molar-refractivity contribution < 1.29 is 9.53 Å². The Hall–Kier alpha value is -1.75. The molecule has 3 N–H and O–H groups in total.